The van der Waals surface area contributed by atoms with Crippen LogP contribution in [0.15, 0.2) is 42.5 Å². The SMILES string of the molecule is N#Cc1ccc2nc(-c3ccccc3I)[nH]c2c1. The maximum Gasteiger partial charge on any atom is 0.139 e. The van der Waals surface area contributed by atoms with E-state index >= 15 is 0 Å². The molecule has 0 saturated heterocycles. The average molecular weight is 345 g/mol. The van der Waals surface area contributed by atoms with Gasteiger partial charge in [-0.15, -0.1) is 0 Å². The van der Waals surface area contributed by atoms with Crippen molar-refractivity contribution in [2.24, 2.45) is 0 Å². The zero-order chi connectivity index (χ0) is 12.5. The van der Waals surface area contributed by atoms with Gasteiger partial charge in [0.25, 0.3) is 0 Å². The van der Waals surface area contributed by atoms with Crippen molar-refractivity contribution >= 4 is 33.6 Å². The van der Waals surface area contributed by atoms with Crippen molar-refractivity contribution in [2.45, 2.75) is 0 Å². The second-order valence-corrected chi connectivity index (χ2v) is 5.07. The fourth-order valence-electron chi connectivity index (χ4n) is 1.86. The van der Waals surface area contributed by atoms with Gasteiger partial charge in [0.15, 0.2) is 0 Å². The van der Waals surface area contributed by atoms with Gasteiger partial charge in [-0.2, -0.15) is 5.26 Å². The Hall–Kier alpha value is -1.87. The summed E-state index contributed by atoms with van der Waals surface area (Å²) >= 11 is 2.29. The molecule has 3 rings (SSSR count). The number of nitrogens with one attached hydrogen (secondary N) is 1. The number of aromatic nitrogens is 2. The van der Waals surface area contributed by atoms with Crippen LogP contribution in [0.4, 0.5) is 0 Å². The minimum absolute atomic E-state index is 0.639. The first-order chi connectivity index (χ1) is 8.78. The highest BCUT2D eigenvalue weighted by atomic mass is 127. The number of hydrogen-bond donors (Lipinski definition) is 1. The molecule has 0 radical (unpaired) electrons. The molecule has 0 saturated carbocycles. The van der Waals surface area contributed by atoms with Crippen LogP contribution in [0.2, 0.25) is 0 Å². The Balaban J connectivity index is 2.20. The number of nitriles is 1. The van der Waals surface area contributed by atoms with E-state index in [2.05, 4.69) is 38.6 Å². The molecule has 1 aromatic heterocycles. The molecule has 3 nitrogen and oxygen atoms in total. The molecule has 0 aliphatic heterocycles. The largest absolute Gasteiger partial charge is 0.338 e. The van der Waals surface area contributed by atoms with E-state index in [4.69, 9.17) is 5.26 Å². The summed E-state index contributed by atoms with van der Waals surface area (Å²) in [6, 6.07) is 15.7. The summed E-state index contributed by atoms with van der Waals surface area (Å²) in [6.45, 7) is 0. The monoisotopic (exact) mass is 345 g/mol. The number of nitrogens with zero attached hydrogens (tertiary/aromatic N) is 2. The highest BCUT2D eigenvalue weighted by molar-refractivity contribution is 14.1. The van der Waals surface area contributed by atoms with Gasteiger partial charge in [-0.05, 0) is 46.9 Å². The van der Waals surface area contributed by atoms with E-state index in [9.17, 15) is 0 Å². The van der Waals surface area contributed by atoms with Gasteiger partial charge in [-0.25, -0.2) is 4.98 Å². The number of benzene rings is 2. The van der Waals surface area contributed by atoms with Gasteiger partial charge in [-0.3, -0.25) is 0 Å². The first-order valence-corrected chi connectivity index (χ1v) is 6.50. The molecule has 18 heavy (non-hydrogen) atoms. The second kappa shape index (κ2) is 4.42. The molecule has 0 spiro atoms. The van der Waals surface area contributed by atoms with Crippen molar-refractivity contribution in [1.29, 1.82) is 5.26 Å². The van der Waals surface area contributed by atoms with E-state index in [-0.39, 0.29) is 0 Å². The number of halogens is 1. The molecule has 0 unspecified atom stereocenters. The van der Waals surface area contributed by atoms with E-state index in [1.807, 2.05) is 36.4 Å². The fraction of sp³-hybridized carbons (Fsp3) is 0. The Morgan fingerprint density at radius 2 is 2.00 bits per heavy atom. The van der Waals surface area contributed by atoms with E-state index in [1.165, 1.54) is 0 Å². The summed E-state index contributed by atoms with van der Waals surface area (Å²) in [4.78, 5) is 7.81. The summed E-state index contributed by atoms with van der Waals surface area (Å²) < 4.78 is 1.15. The quantitative estimate of drug-likeness (QED) is 0.684. The molecule has 2 aromatic carbocycles. The summed E-state index contributed by atoms with van der Waals surface area (Å²) in [6.07, 6.45) is 0. The van der Waals surface area contributed by atoms with E-state index in [0.717, 1.165) is 26.0 Å². The number of H-pyrrole nitrogens is 1. The van der Waals surface area contributed by atoms with Crippen LogP contribution in [-0.4, -0.2) is 9.97 Å². The Morgan fingerprint density at radius 3 is 2.78 bits per heavy atom. The van der Waals surface area contributed by atoms with E-state index < -0.39 is 0 Å². The van der Waals surface area contributed by atoms with Gasteiger partial charge in [0, 0.05) is 9.13 Å². The van der Waals surface area contributed by atoms with Gasteiger partial charge < -0.3 is 4.98 Å². The van der Waals surface area contributed by atoms with Crippen LogP contribution < -0.4 is 0 Å². The molecular weight excluding hydrogens is 337 g/mol. The third kappa shape index (κ3) is 1.87. The van der Waals surface area contributed by atoms with Crippen LogP contribution in [-0.2, 0) is 0 Å². The number of imidazole rings is 1. The lowest BCUT2D eigenvalue weighted by molar-refractivity contribution is 1.33. The Labute approximate surface area is 118 Å². The molecule has 0 bridgehead atoms. The topological polar surface area (TPSA) is 52.5 Å². The summed E-state index contributed by atoms with van der Waals surface area (Å²) in [5, 5.41) is 8.88. The average Bonchev–Trinajstić information content (AvgIpc) is 2.81. The molecule has 1 N–H and O–H groups in total. The number of fused-ring (bicyclic) bond motifs is 1. The highest BCUT2D eigenvalue weighted by Gasteiger charge is 2.08. The minimum Gasteiger partial charge on any atom is -0.338 e. The minimum atomic E-state index is 0.639. The summed E-state index contributed by atoms with van der Waals surface area (Å²) in [5.74, 6) is 0.838. The third-order valence-corrected chi connectivity index (χ3v) is 3.68. The first kappa shape index (κ1) is 11.2. The summed E-state index contributed by atoms with van der Waals surface area (Å²) in [7, 11) is 0. The van der Waals surface area contributed by atoms with E-state index in [1.54, 1.807) is 6.07 Å². The van der Waals surface area contributed by atoms with Crippen molar-refractivity contribution < 1.29 is 0 Å². The summed E-state index contributed by atoms with van der Waals surface area (Å²) in [5.41, 5.74) is 3.49. The van der Waals surface area contributed by atoms with Crippen LogP contribution in [0.1, 0.15) is 5.56 Å². The van der Waals surface area contributed by atoms with Crippen molar-refractivity contribution in [3.05, 3.63) is 51.6 Å². The molecule has 1 heterocycles. The predicted octanol–water partition coefficient (Wildman–Crippen LogP) is 3.71. The molecule has 0 aliphatic carbocycles. The lowest BCUT2D eigenvalue weighted by Gasteiger charge is -1.98. The zero-order valence-electron chi connectivity index (χ0n) is 9.31. The Bertz CT molecular complexity index is 768. The van der Waals surface area contributed by atoms with Gasteiger partial charge in [-0.1, -0.05) is 18.2 Å². The maximum absolute atomic E-state index is 8.88. The molecule has 86 valence electrons. The van der Waals surface area contributed by atoms with Gasteiger partial charge >= 0.3 is 0 Å². The van der Waals surface area contributed by atoms with Crippen LogP contribution in [0.25, 0.3) is 22.4 Å². The van der Waals surface area contributed by atoms with Gasteiger partial charge in [0.05, 0.1) is 22.7 Å². The smallest absolute Gasteiger partial charge is 0.139 e. The molecule has 0 aliphatic rings. The molecule has 0 atom stereocenters. The van der Waals surface area contributed by atoms with Crippen LogP contribution in [0, 0.1) is 14.9 Å². The number of hydrogen-bond acceptors (Lipinski definition) is 2. The van der Waals surface area contributed by atoms with Gasteiger partial charge in [0.2, 0.25) is 0 Å². The number of rotatable bonds is 1. The van der Waals surface area contributed by atoms with Crippen molar-refractivity contribution in [1.82, 2.24) is 9.97 Å². The van der Waals surface area contributed by atoms with E-state index in [0.29, 0.717) is 5.56 Å². The predicted molar refractivity (Wildman–Crippen MR) is 79.0 cm³/mol. The highest BCUT2D eigenvalue weighted by Crippen LogP contribution is 2.25. The van der Waals surface area contributed by atoms with Crippen LogP contribution in [0.3, 0.4) is 0 Å². The zero-order valence-corrected chi connectivity index (χ0v) is 11.5. The third-order valence-electron chi connectivity index (χ3n) is 2.74. The fourth-order valence-corrected chi connectivity index (χ4v) is 2.50. The first-order valence-electron chi connectivity index (χ1n) is 5.43. The Kier molecular flexibility index (Phi) is 2.76. The van der Waals surface area contributed by atoms with Crippen molar-refractivity contribution in [3.63, 3.8) is 0 Å². The van der Waals surface area contributed by atoms with Gasteiger partial charge in [0.1, 0.15) is 5.82 Å². The van der Waals surface area contributed by atoms with Crippen LogP contribution in [0.5, 0.6) is 0 Å². The maximum atomic E-state index is 8.88. The van der Waals surface area contributed by atoms with Crippen molar-refractivity contribution in [3.8, 4) is 17.5 Å². The number of aromatic amines is 1. The lowest BCUT2D eigenvalue weighted by atomic mass is 10.2. The molecular formula is C14H8IN3. The molecule has 4 heteroatoms. The lowest BCUT2D eigenvalue weighted by Crippen LogP contribution is -1.83. The Morgan fingerprint density at radius 1 is 1.17 bits per heavy atom. The normalized spacial score (nSPS) is 10.4. The van der Waals surface area contributed by atoms with Crippen LogP contribution >= 0.6 is 22.6 Å². The standard InChI is InChI=1S/C14H8IN3/c15-11-4-2-1-3-10(11)14-17-12-6-5-9(8-16)7-13(12)18-14/h1-7H,(H,17,18). The molecule has 3 aromatic rings. The van der Waals surface area contributed by atoms with Crippen molar-refractivity contribution in [2.75, 3.05) is 0 Å². The second-order valence-electron chi connectivity index (χ2n) is 3.91. The molecule has 0 fully saturated rings. The molecule has 0 amide bonds.